The first kappa shape index (κ1) is 16.5. The number of benzene rings is 2. The molecule has 6 nitrogen and oxygen atoms in total. The Morgan fingerprint density at radius 1 is 1.22 bits per heavy atom. The van der Waals surface area contributed by atoms with Crippen molar-refractivity contribution in [3.63, 3.8) is 0 Å². The van der Waals surface area contributed by atoms with Crippen LogP contribution in [-0.2, 0) is 4.79 Å². The Hall–Kier alpha value is -2.89. The molecule has 0 aliphatic heterocycles. The number of ether oxygens (including phenoxy) is 1. The Kier molecular flexibility index (Phi) is 5.30. The zero-order chi connectivity index (χ0) is 16.8. The summed E-state index contributed by atoms with van der Waals surface area (Å²) in [5, 5.41) is 13.7. The highest BCUT2D eigenvalue weighted by Crippen LogP contribution is 2.25. The van der Waals surface area contributed by atoms with Gasteiger partial charge in [-0.3, -0.25) is 14.9 Å². The predicted octanol–water partition coefficient (Wildman–Crippen LogP) is 3.70. The van der Waals surface area contributed by atoms with E-state index in [0.29, 0.717) is 23.4 Å². The first-order valence-electron chi connectivity index (χ1n) is 7.29. The predicted molar refractivity (Wildman–Crippen MR) is 87.6 cm³/mol. The van der Waals surface area contributed by atoms with Crippen LogP contribution < -0.4 is 10.1 Å². The normalized spacial score (nSPS) is 11.6. The van der Waals surface area contributed by atoms with Crippen LogP contribution in [0.15, 0.2) is 48.5 Å². The summed E-state index contributed by atoms with van der Waals surface area (Å²) in [6, 6.07) is 13.6. The van der Waals surface area contributed by atoms with E-state index < -0.39 is 11.0 Å². The molecule has 1 amide bonds. The first-order chi connectivity index (χ1) is 11.0. The molecule has 2 rings (SSSR count). The van der Waals surface area contributed by atoms with Crippen LogP contribution in [0.3, 0.4) is 0 Å². The van der Waals surface area contributed by atoms with E-state index in [1.54, 1.807) is 31.2 Å². The summed E-state index contributed by atoms with van der Waals surface area (Å²) in [6.07, 6.45) is -0.189. The molecular formula is C17H18N2O4. The van der Waals surface area contributed by atoms with Crippen molar-refractivity contribution in [3.05, 3.63) is 64.2 Å². The number of nitro groups is 1. The zero-order valence-corrected chi connectivity index (χ0v) is 13.0. The van der Waals surface area contributed by atoms with Crippen LogP contribution >= 0.6 is 0 Å². The van der Waals surface area contributed by atoms with Gasteiger partial charge in [-0.2, -0.15) is 0 Å². The summed E-state index contributed by atoms with van der Waals surface area (Å²) >= 11 is 0. The van der Waals surface area contributed by atoms with E-state index in [2.05, 4.69) is 5.32 Å². The fourth-order valence-corrected chi connectivity index (χ4v) is 2.16. The van der Waals surface area contributed by atoms with Crippen molar-refractivity contribution in [2.45, 2.75) is 26.4 Å². The number of nitrogens with zero attached hydrogens (tertiary/aromatic N) is 1. The maximum Gasteiger partial charge on any atom is 0.274 e. The SMILES string of the molecule is CC[C@@H](Oc1ccccc1)C(=O)Nc1cccc([N+](=O)[O-])c1C. The second-order valence-electron chi connectivity index (χ2n) is 5.02. The molecule has 23 heavy (non-hydrogen) atoms. The molecule has 0 radical (unpaired) electrons. The third kappa shape index (κ3) is 4.06. The Balaban J connectivity index is 2.14. The van der Waals surface area contributed by atoms with Crippen LogP contribution in [0.5, 0.6) is 5.75 Å². The lowest BCUT2D eigenvalue weighted by Gasteiger charge is -2.18. The van der Waals surface area contributed by atoms with Gasteiger partial charge in [0, 0.05) is 6.07 Å². The average Bonchev–Trinajstić information content (AvgIpc) is 2.55. The molecule has 0 unspecified atom stereocenters. The fraction of sp³-hybridized carbons (Fsp3) is 0.235. The maximum atomic E-state index is 12.4. The van der Waals surface area contributed by atoms with Gasteiger partial charge in [0.1, 0.15) is 5.75 Å². The van der Waals surface area contributed by atoms with Crippen LogP contribution in [0, 0.1) is 17.0 Å². The molecule has 0 saturated heterocycles. The van der Waals surface area contributed by atoms with Gasteiger partial charge in [-0.15, -0.1) is 0 Å². The van der Waals surface area contributed by atoms with Crippen LogP contribution in [0.4, 0.5) is 11.4 Å². The Bertz CT molecular complexity index is 701. The van der Waals surface area contributed by atoms with Crippen molar-refractivity contribution in [1.82, 2.24) is 0 Å². The standard InChI is InChI=1S/C17H18N2O4/c1-3-16(23-13-8-5-4-6-9-13)17(20)18-14-10-7-11-15(12(14)2)19(21)22/h4-11,16H,3H2,1-2H3,(H,18,20)/t16-/m1/s1. The van der Waals surface area contributed by atoms with Crippen molar-refractivity contribution >= 4 is 17.3 Å². The third-order valence-electron chi connectivity index (χ3n) is 3.44. The number of nitro benzene ring substituents is 1. The number of rotatable bonds is 6. The van der Waals surface area contributed by atoms with E-state index in [1.807, 2.05) is 25.1 Å². The average molecular weight is 314 g/mol. The molecule has 0 aliphatic rings. The summed E-state index contributed by atoms with van der Waals surface area (Å²) < 4.78 is 5.67. The highest BCUT2D eigenvalue weighted by Gasteiger charge is 2.21. The van der Waals surface area contributed by atoms with Crippen molar-refractivity contribution in [1.29, 1.82) is 0 Å². The fourth-order valence-electron chi connectivity index (χ4n) is 2.16. The van der Waals surface area contributed by atoms with Gasteiger partial charge in [-0.05, 0) is 31.5 Å². The van der Waals surface area contributed by atoms with E-state index >= 15 is 0 Å². The molecule has 6 heteroatoms. The second kappa shape index (κ2) is 7.40. The Morgan fingerprint density at radius 3 is 2.52 bits per heavy atom. The number of carbonyl (C=O) groups excluding carboxylic acids is 1. The number of anilines is 1. The van der Waals surface area contributed by atoms with E-state index in [-0.39, 0.29) is 11.6 Å². The minimum Gasteiger partial charge on any atom is -0.481 e. The van der Waals surface area contributed by atoms with Gasteiger partial charge in [0.25, 0.3) is 11.6 Å². The highest BCUT2D eigenvalue weighted by atomic mass is 16.6. The summed E-state index contributed by atoms with van der Waals surface area (Å²) in [5.74, 6) is 0.269. The lowest BCUT2D eigenvalue weighted by Crippen LogP contribution is -2.32. The molecule has 2 aromatic rings. The van der Waals surface area contributed by atoms with Crippen molar-refractivity contribution in [2.24, 2.45) is 0 Å². The number of carbonyl (C=O) groups is 1. The summed E-state index contributed by atoms with van der Waals surface area (Å²) in [7, 11) is 0. The molecule has 0 heterocycles. The van der Waals surface area contributed by atoms with Crippen LogP contribution in [0.25, 0.3) is 0 Å². The molecule has 1 N–H and O–H groups in total. The zero-order valence-electron chi connectivity index (χ0n) is 13.0. The molecule has 0 spiro atoms. The molecule has 1 atom stereocenters. The first-order valence-corrected chi connectivity index (χ1v) is 7.29. The second-order valence-corrected chi connectivity index (χ2v) is 5.02. The molecular weight excluding hydrogens is 296 g/mol. The van der Waals surface area contributed by atoms with E-state index in [4.69, 9.17) is 4.74 Å². The van der Waals surface area contributed by atoms with E-state index in [9.17, 15) is 14.9 Å². The van der Waals surface area contributed by atoms with Gasteiger partial charge in [-0.25, -0.2) is 0 Å². The van der Waals surface area contributed by atoms with Crippen LogP contribution in [0.2, 0.25) is 0 Å². The monoisotopic (exact) mass is 314 g/mol. The number of hydrogen-bond donors (Lipinski definition) is 1. The van der Waals surface area contributed by atoms with Gasteiger partial charge in [0.15, 0.2) is 6.10 Å². The lowest BCUT2D eigenvalue weighted by atomic mass is 10.1. The molecule has 0 fully saturated rings. The van der Waals surface area contributed by atoms with Crippen LogP contribution in [0.1, 0.15) is 18.9 Å². The van der Waals surface area contributed by atoms with Gasteiger partial charge in [-0.1, -0.05) is 31.2 Å². The van der Waals surface area contributed by atoms with Crippen LogP contribution in [-0.4, -0.2) is 16.9 Å². The molecule has 2 aromatic carbocycles. The molecule has 0 aromatic heterocycles. The molecule has 0 bridgehead atoms. The Labute approximate surface area is 134 Å². The quantitative estimate of drug-likeness (QED) is 0.651. The number of amides is 1. The van der Waals surface area contributed by atoms with Crippen molar-refractivity contribution in [2.75, 3.05) is 5.32 Å². The number of hydrogen-bond acceptors (Lipinski definition) is 4. The van der Waals surface area contributed by atoms with Crippen molar-refractivity contribution in [3.8, 4) is 5.75 Å². The van der Waals surface area contributed by atoms with Gasteiger partial charge in [0.05, 0.1) is 16.2 Å². The summed E-state index contributed by atoms with van der Waals surface area (Å²) in [6.45, 7) is 3.44. The van der Waals surface area contributed by atoms with Crippen molar-refractivity contribution < 1.29 is 14.5 Å². The molecule has 0 saturated carbocycles. The minimum atomic E-state index is -0.670. The van der Waals surface area contributed by atoms with E-state index in [0.717, 1.165) is 0 Å². The summed E-state index contributed by atoms with van der Waals surface area (Å²) in [4.78, 5) is 22.9. The van der Waals surface area contributed by atoms with E-state index in [1.165, 1.54) is 6.07 Å². The number of para-hydroxylation sites is 1. The Morgan fingerprint density at radius 2 is 1.91 bits per heavy atom. The smallest absolute Gasteiger partial charge is 0.274 e. The third-order valence-corrected chi connectivity index (χ3v) is 3.44. The number of nitrogens with one attached hydrogen (secondary N) is 1. The van der Waals surface area contributed by atoms with Gasteiger partial charge in [0.2, 0.25) is 0 Å². The lowest BCUT2D eigenvalue weighted by molar-refractivity contribution is -0.385. The largest absolute Gasteiger partial charge is 0.481 e. The molecule has 120 valence electrons. The van der Waals surface area contributed by atoms with Gasteiger partial charge >= 0.3 is 0 Å². The maximum absolute atomic E-state index is 12.4. The summed E-state index contributed by atoms with van der Waals surface area (Å²) in [5.41, 5.74) is 0.805. The minimum absolute atomic E-state index is 0.0279. The van der Waals surface area contributed by atoms with Gasteiger partial charge < -0.3 is 10.1 Å². The molecule has 0 aliphatic carbocycles. The highest BCUT2D eigenvalue weighted by molar-refractivity contribution is 5.95. The topological polar surface area (TPSA) is 81.5 Å².